The summed E-state index contributed by atoms with van der Waals surface area (Å²) in [5.41, 5.74) is 0.528. The fourth-order valence-corrected chi connectivity index (χ4v) is 2.23. The zero-order valence-electron chi connectivity index (χ0n) is 10.4. The third-order valence-corrected chi connectivity index (χ3v) is 3.21. The first kappa shape index (κ1) is 12.9. The maximum atomic E-state index is 11.4. The molecule has 0 unspecified atom stereocenters. The van der Waals surface area contributed by atoms with E-state index in [1.165, 1.54) is 19.3 Å². The summed E-state index contributed by atoms with van der Waals surface area (Å²) in [5, 5.41) is 11.0. The Balaban J connectivity index is 1.92. The summed E-state index contributed by atoms with van der Waals surface area (Å²) in [6, 6.07) is 7.04. The van der Waals surface area contributed by atoms with E-state index in [1.807, 2.05) is 0 Å². The van der Waals surface area contributed by atoms with Crippen molar-refractivity contribution in [3.63, 3.8) is 0 Å². The molecule has 0 heterocycles. The second-order valence-corrected chi connectivity index (χ2v) is 4.57. The lowest BCUT2D eigenvalue weighted by molar-refractivity contribution is 0.0910. The quantitative estimate of drug-likeness (QED) is 0.803. The van der Waals surface area contributed by atoms with E-state index in [-0.39, 0.29) is 12.6 Å². The van der Waals surface area contributed by atoms with Crippen molar-refractivity contribution in [3.8, 4) is 5.75 Å². The summed E-state index contributed by atoms with van der Waals surface area (Å²) in [4.78, 5) is 11.4. The van der Waals surface area contributed by atoms with Crippen LogP contribution >= 0.6 is 0 Å². The zero-order valence-corrected chi connectivity index (χ0v) is 10.4. The van der Waals surface area contributed by atoms with E-state index < -0.39 is 0 Å². The van der Waals surface area contributed by atoms with Gasteiger partial charge in [0.2, 0.25) is 0 Å². The number of benzene rings is 1. The Hall–Kier alpha value is -1.55. The average molecular weight is 249 g/mol. The lowest BCUT2D eigenvalue weighted by Crippen LogP contribution is -2.24. The highest BCUT2D eigenvalue weighted by molar-refractivity contribution is 5.94. The number of carbonyl (C=O) groups excluding carboxylic acids is 1. The van der Waals surface area contributed by atoms with Gasteiger partial charge in [0, 0.05) is 5.56 Å². The van der Waals surface area contributed by atoms with Gasteiger partial charge in [-0.25, -0.2) is 0 Å². The van der Waals surface area contributed by atoms with E-state index in [4.69, 9.17) is 9.84 Å². The highest BCUT2D eigenvalue weighted by Crippen LogP contribution is 2.23. The number of hydrogen-bond donors (Lipinski definition) is 2. The molecular formula is C14H19NO3. The number of nitrogens with one attached hydrogen (secondary N) is 1. The molecule has 1 aliphatic carbocycles. The van der Waals surface area contributed by atoms with Crippen LogP contribution in [0, 0.1) is 0 Å². The molecule has 0 radical (unpaired) electrons. The fourth-order valence-electron chi connectivity index (χ4n) is 2.23. The van der Waals surface area contributed by atoms with Gasteiger partial charge in [0.15, 0.2) is 0 Å². The van der Waals surface area contributed by atoms with Crippen molar-refractivity contribution < 1.29 is 14.6 Å². The van der Waals surface area contributed by atoms with Gasteiger partial charge in [0.05, 0.1) is 6.10 Å². The molecule has 4 heteroatoms. The predicted molar refractivity (Wildman–Crippen MR) is 68.5 cm³/mol. The molecule has 1 amide bonds. The summed E-state index contributed by atoms with van der Waals surface area (Å²) < 4.78 is 5.87. The van der Waals surface area contributed by atoms with Crippen LogP contribution in [0.25, 0.3) is 0 Å². The van der Waals surface area contributed by atoms with Crippen molar-refractivity contribution in [2.45, 2.75) is 38.2 Å². The van der Waals surface area contributed by atoms with Crippen LogP contribution in [0.15, 0.2) is 24.3 Å². The number of rotatable bonds is 4. The van der Waals surface area contributed by atoms with Gasteiger partial charge in [0.1, 0.15) is 12.5 Å². The number of hydrogen-bond acceptors (Lipinski definition) is 3. The molecule has 18 heavy (non-hydrogen) atoms. The minimum atomic E-state index is -0.348. The van der Waals surface area contributed by atoms with Crippen LogP contribution in [-0.4, -0.2) is 23.8 Å². The van der Waals surface area contributed by atoms with Gasteiger partial charge in [0.25, 0.3) is 5.91 Å². The maximum absolute atomic E-state index is 11.4. The van der Waals surface area contributed by atoms with E-state index in [2.05, 4.69) is 5.32 Å². The Morgan fingerprint density at radius 1 is 1.22 bits per heavy atom. The Bertz CT molecular complexity index is 383. The molecule has 2 rings (SSSR count). The lowest BCUT2D eigenvalue weighted by Gasteiger charge is -2.23. The Kier molecular flexibility index (Phi) is 4.59. The lowest BCUT2D eigenvalue weighted by atomic mass is 9.98. The van der Waals surface area contributed by atoms with Gasteiger partial charge >= 0.3 is 0 Å². The molecule has 2 N–H and O–H groups in total. The van der Waals surface area contributed by atoms with Crippen LogP contribution in [0.4, 0.5) is 0 Å². The molecule has 1 aliphatic rings. The Morgan fingerprint density at radius 3 is 2.50 bits per heavy atom. The predicted octanol–water partition coefficient (Wildman–Crippen LogP) is 2.08. The van der Waals surface area contributed by atoms with Gasteiger partial charge < -0.3 is 15.2 Å². The number of aliphatic hydroxyl groups is 1. The van der Waals surface area contributed by atoms with E-state index in [1.54, 1.807) is 24.3 Å². The average Bonchev–Trinajstić information content (AvgIpc) is 2.41. The first-order valence-corrected chi connectivity index (χ1v) is 6.45. The summed E-state index contributed by atoms with van der Waals surface area (Å²) >= 11 is 0. The van der Waals surface area contributed by atoms with Gasteiger partial charge in [-0.1, -0.05) is 6.42 Å². The molecule has 0 bridgehead atoms. The molecule has 0 spiro atoms. The van der Waals surface area contributed by atoms with Crippen LogP contribution in [0.3, 0.4) is 0 Å². The molecule has 1 aromatic rings. The topological polar surface area (TPSA) is 58.6 Å². The van der Waals surface area contributed by atoms with Crippen molar-refractivity contribution in [1.29, 1.82) is 0 Å². The SMILES string of the molecule is O=C(NCO)c1ccc(OC2CCCCC2)cc1. The highest BCUT2D eigenvalue weighted by atomic mass is 16.5. The molecule has 0 atom stereocenters. The molecule has 1 aromatic carbocycles. The fraction of sp³-hybridized carbons (Fsp3) is 0.500. The van der Waals surface area contributed by atoms with Gasteiger partial charge in [-0.05, 0) is 49.9 Å². The number of carbonyl (C=O) groups is 1. The molecule has 0 saturated heterocycles. The van der Waals surface area contributed by atoms with Crippen molar-refractivity contribution in [2.75, 3.05) is 6.73 Å². The van der Waals surface area contributed by atoms with Crippen LogP contribution in [0.2, 0.25) is 0 Å². The number of amides is 1. The van der Waals surface area contributed by atoms with Gasteiger partial charge in [-0.2, -0.15) is 0 Å². The Morgan fingerprint density at radius 2 is 1.89 bits per heavy atom. The van der Waals surface area contributed by atoms with Crippen LogP contribution in [-0.2, 0) is 0 Å². The third kappa shape index (κ3) is 3.47. The van der Waals surface area contributed by atoms with Crippen molar-refractivity contribution in [2.24, 2.45) is 0 Å². The van der Waals surface area contributed by atoms with E-state index in [0.29, 0.717) is 11.7 Å². The van der Waals surface area contributed by atoms with Crippen LogP contribution in [0.5, 0.6) is 5.75 Å². The second-order valence-electron chi connectivity index (χ2n) is 4.57. The standard InChI is InChI=1S/C14H19NO3/c16-10-15-14(17)11-6-8-13(9-7-11)18-12-4-2-1-3-5-12/h6-9,12,16H,1-5,10H2,(H,15,17). The van der Waals surface area contributed by atoms with E-state index in [9.17, 15) is 4.79 Å². The maximum Gasteiger partial charge on any atom is 0.253 e. The summed E-state index contributed by atoms with van der Waals surface area (Å²) in [7, 11) is 0. The molecule has 0 aromatic heterocycles. The first-order chi connectivity index (χ1) is 8.79. The third-order valence-electron chi connectivity index (χ3n) is 3.21. The normalized spacial score (nSPS) is 16.3. The van der Waals surface area contributed by atoms with Crippen molar-refractivity contribution in [3.05, 3.63) is 29.8 Å². The van der Waals surface area contributed by atoms with Crippen molar-refractivity contribution in [1.82, 2.24) is 5.32 Å². The van der Waals surface area contributed by atoms with E-state index in [0.717, 1.165) is 18.6 Å². The molecule has 1 saturated carbocycles. The molecular weight excluding hydrogens is 230 g/mol. The largest absolute Gasteiger partial charge is 0.490 e. The van der Waals surface area contributed by atoms with Gasteiger partial charge in [-0.3, -0.25) is 4.79 Å². The molecule has 0 aliphatic heterocycles. The minimum absolute atomic E-state index is 0.276. The van der Waals surface area contributed by atoms with Crippen LogP contribution < -0.4 is 10.1 Å². The first-order valence-electron chi connectivity index (χ1n) is 6.45. The highest BCUT2D eigenvalue weighted by Gasteiger charge is 2.14. The molecule has 1 fully saturated rings. The summed E-state index contributed by atoms with van der Waals surface area (Å²) in [5.74, 6) is 0.532. The molecule has 4 nitrogen and oxygen atoms in total. The van der Waals surface area contributed by atoms with Crippen LogP contribution in [0.1, 0.15) is 42.5 Å². The van der Waals surface area contributed by atoms with E-state index >= 15 is 0 Å². The summed E-state index contributed by atoms with van der Waals surface area (Å²) in [6.45, 7) is -0.348. The molecule has 98 valence electrons. The van der Waals surface area contributed by atoms with Crippen molar-refractivity contribution >= 4 is 5.91 Å². The zero-order chi connectivity index (χ0) is 12.8. The minimum Gasteiger partial charge on any atom is -0.490 e. The van der Waals surface area contributed by atoms with Gasteiger partial charge in [-0.15, -0.1) is 0 Å². The number of aliphatic hydroxyl groups excluding tert-OH is 1. The monoisotopic (exact) mass is 249 g/mol. The summed E-state index contributed by atoms with van der Waals surface area (Å²) in [6.07, 6.45) is 6.33. The number of ether oxygens (including phenoxy) is 1. The smallest absolute Gasteiger partial charge is 0.253 e. The Labute approximate surface area is 107 Å². The second kappa shape index (κ2) is 6.40.